The van der Waals surface area contributed by atoms with E-state index in [1.807, 2.05) is 61.1 Å². The number of amides is 1. The summed E-state index contributed by atoms with van der Waals surface area (Å²) in [5, 5.41) is 11.9. The standard InChI is InChI=1S/C18H21N5OS/c1-22(2)15(14-8-4-3-5-9-14)12-19-17(24)13-25-18-21-20-16-10-6-7-11-23(16)18/h3-11,15H,12-13H2,1-2H3,(H,19,24)/t15-/m0/s1. The molecular weight excluding hydrogens is 334 g/mol. The van der Waals surface area contributed by atoms with Gasteiger partial charge in [0.25, 0.3) is 0 Å². The molecule has 0 bridgehead atoms. The Hall–Kier alpha value is -2.38. The molecule has 0 unspecified atom stereocenters. The van der Waals surface area contributed by atoms with Crippen LogP contribution in [0, 0.1) is 0 Å². The molecule has 0 saturated heterocycles. The van der Waals surface area contributed by atoms with Gasteiger partial charge in [0.15, 0.2) is 10.8 Å². The van der Waals surface area contributed by atoms with Gasteiger partial charge in [-0.1, -0.05) is 48.2 Å². The summed E-state index contributed by atoms with van der Waals surface area (Å²) in [6.45, 7) is 0.566. The van der Waals surface area contributed by atoms with Gasteiger partial charge in [0, 0.05) is 12.7 Å². The zero-order valence-corrected chi connectivity index (χ0v) is 15.1. The van der Waals surface area contributed by atoms with E-state index in [2.05, 4.69) is 32.5 Å². The molecule has 0 radical (unpaired) electrons. The van der Waals surface area contributed by atoms with Crippen LogP contribution in [0.15, 0.2) is 59.9 Å². The van der Waals surface area contributed by atoms with Gasteiger partial charge in [0.2, 0.25) is 5.91 Å². The number of nitrogens with one attached hydrogen (secondary N) is 1. The molecule has 0 aliphatic heterocycles. The first-order valence-corrected chi connectivity index (χ1v) is 9.04. The van der Waals surface area contributed by atoms with Crippen molar-refractivity contribution in [2.75, 3.05) is 26.4 Å². The number of pyridine rings is 1. The van der Waals surface area contributed by atoms with Gasteiger partial charge < -0.3 is 10.2 Å². The number of rotatable bonds is 7. The van der Waals surface area contributed by atoms with Crippen molar-refractivity contribution >= 4 is 23.3 Å². The number of thioether (sulfide) groups is 1. The van der Waals surface area contributed by atoms with Gasteiger partial charge in [-0.15, -0.1) is 10.2 Å². The van der Waals surface area contributed by atoms with Crippen LogP contribution in [0.4, 0.5) is 0 Å². The smallest absolute Gasteiger partial charge is 0.230 e. The van der Waals surface area contributed by atoms with Crippen molar-refractivity contribution in [1.82, 2.24) is 24.8 Å². The highest BCUT2D eigenvalue weighted by Crippen LogP contribution is 2.18. The van der Waals surface area contributed by atoms with Gasteiger partial charge in [0.05, 0.1) is 11.8 Å². The Kier molecular flexibility index (Phi) is 5.67. The minimum atomic E-state index is -0.0135. The van der Waals surface area contributed by atoms with Crippen LogP contribution in [-0.2, 0) is 4.79 Å². The molecule has 1 atom stereocenters. The van der Waals surface area contributed by atoms with Crippen LogP contribution in [0.5, 0.6) is 0 Å². The number of benzene rings is 1. The first kappa shape index (κ1) is 17.4. The number of aromatic nitrogens is 3. The number of carbonyl (C=O) groups is 1. The first-order chi connectivity index (χ1) is 12.1. The van der Waals surface area contributed by atoms with Gasteiger partial charge in [-0.25, -0.2) is 0 Å². The normalized spacial score (nSPS) is 12.4. The third kappa shape index (κ3) is 4.37. The molecule has 0 saturated carbocycles. The van der Waals surface area contributed by atoms with E-state index in [1.165, 1.54) is 17.3 Å². The second kappa shape index (κ2) is 8.13. The molecule has 6 nitrogen and oxygen atoms in total. The Morgan fingerprint density at radius 2 is 1.92 bits per heavy atom. The molecule has 0 fully saturated rings. The van der Waals surface area contributed by atoms with E-state index in [4.69, 9.17) is 0 Å². The molecule has 1 aromatic carbocycles. The highest BCUT2D eigenvalue weighted by Gasteiger charge is 2.15. The van der Waals surface area contributed by atoms with Crippen LogP contribution >= 0.6 is 11.8 Å². The van der Waals surface area contributed by atoms with E-state index in [-0.39, 0.29) is 11.9 Å². The SMILES string of the molecule is CN(C)[C@@H](CNC(=O)CSc1nnc2ccccn12)c1ccccc1. The number of fused-ring (bicyclic) bond motifs is 1. The van der Waals surface area contributed by atoms with Crippen molar-refractivity contribution in [3.63, 3.8) is 0 Å². The summed E-state index contributed by atoms with van der Waals surface area (Å²) in [7, 11) is 4.03. The van der Waals surface area contributed by atoms with Crippen molar-refractivity contribution in [3.8, 4) is 0 Å². The molecule has 7 heteroatoms. The number of carbonyl (C=O) groups excluding carboxylic acids is 1. The number of nitrogens with zero attached hydrogens (tertiary/aromatic N) is 4. The Labute approximate surface area is 151 Å². The molecule has 1 amide bonds. The molecule has 0 aliphatic carbocycles. The topological polar surface area (TPSA) is 62.5 Å². The lowest BCUT2D eigenvalue weighted by Gasteiger charge is -2.25. The highest BCUT2D eigenvalue weighted by molar-refractivity contribution is 7.99. The van der Waals surface area contributed by atoms with E-state index in [0.29, 0.717) is 12.3 Å². The maximum atomic E-state index is 12.2. The van der Waals surface area contributed by atoms with Gasteiger partial charge in [0.1, 0.15) is 0 Å². The zero-order chi connectivity index (χ0) is 17.6. The van der Waals surface area contributed by atoms with E-state index in [9.17, 15) is 4.79 Å². The van der Waals surface area contributed by atoms with E-state index >= 15 is 0 Å². The quantitative estimate of drug-likeness (QED) is 0.659. The van der Waals surface area contributed by atoms with Crippen molar-refractivity contribution in [2.24, 2.45) is 0 Å². The third-order valence-electron chi connectivity index (χ3n) is 3.92. The fourth-order valence-corrected chi connectivity index (χ4v) is 3.34. The summed E-state index contributed by atoms with van der Waals surface area (Å²) in [5.74, 6) is 0.297. The van der Waals surface area contributed by atoms with Crippen molar-refractivity contribution in [2.45, 2.75) is 11.2 Å². The lowest BCUT2D eigenvalue weighted by atomic mass is 10.1. The highest BCUT2D eigenvalue weighted by atomic mass is 32.2. The average Bonchev–Trinajstić information content (AvgIpc) is 3.04. The zero-order valence-electron chi connectivity index (χ0n) is 14.3. The minimum Gasteiger partial charge on any atom is -0.353 e. The molecule has 3 rings (SSSR count). The van der Waals surface area contributed by atoms with Crippen LogP contribution in [0.3, 0.4) is 0 Å². The summed E-state index contributed by atoms with van der Waals surface area (Å²) in [5.41, 5.74) is 1.96. The Morgan fingerprint density at radius 3 is 2.68 bits per heavy atom. The first-order valence-electron chi connectivity index (χ1n) is 8.06. The summed E-state index contributed by atoms with van der Waals surface area (Å²) < 4.78 is 1.88. The predicted molar refractivity (Wildman–Crippen MR) is 99.6 cm³/mol. The Morgan fingerprint density at radius 1 is 1.16 bits per heavy atom. The lowest BCUT2D eigenvalue weighted by molar-refractivity contribution is -0.118. The van der Waals surface area contributed by atoms with Gasteiger partial charge in [-0.3, -0.25) is 9.20 Å². The maximum Gasteiger partial charge on any atom is 0.230 e. The minimum absolute atomic E-state index is 0.0135. The summed E-state index contributed by atoms with van der Waals surface area (Å²) in [6, 6.07) is 16.0. The third-order valence-corrected chi connectivity index (χ3v) is 4.86. The lowest BCUT2D eigenvalue weighted by Crippen LogP contribution is -2.35. The number of hydrogen-bond acceptors (Lipinski definition) is 5. The van der Waals surface area contributed by atoms with Crippen LogP contribution in [0.2, 0.25) is 0 Å². The monoisotopic (exact) mass is 355 g/mol. The van der Waals surface area contributed by atoms with Crippen LogP contribution in [0.25, 0.3) is 5.65 Å². The van der Waals surface area contributed by atoms with Crippen molar-refractivity contribution in [3.05, 3.63) is 60.3 Å². The second-order valence-corrected chi connectivity index (χ2v) is 6.84. The summed E-state index contributed by atoms with van der Waals surface area (Å²) in [6.07, 6.45) is 1.90. The fourth-order valence-electron chi connectivity index (χ4n) is 2.58. The molecule has 0 aliphatic rings. The largest absolute Gasteiger partial charge is 0.353 e. The number of hydrogen-bond donors (Lipinski definition) is 1. The van der Waals surface area contributed by atoms with Gasteiger partial charge in [-0.05, 0) is 31.8 Å². The molecule has 1 N–H and O–H groups in total. The number of likely N-dealkylation sites (N-methyl/N-ethyl adjacent to an activating group) is 1. The Balaban J connectivity index is 1.55. The molecule has 25 heavy (non-hydrogen) atoms. The molecule has 2 aromatic heterocycles. The predicted octanol–water partition coefficient (Wildman–Crippen LogP) is 2.24. The van der Waals surface area contributed by atoms with Gasteiger partial charge >= 0.3 is 0 Å². The molecule has 0 spiro atoms. The van der Waals surface area contributed by atoms with Crippen LogP contribution in [-0.4, -0.2) is 51.8 Å². The van der Waals surface area contributed by atoms with E-state index in [0.717, 1.165) is 10.8 Å². The van der Waals surface area contributed by atoms with Crippen LogP contribution < -0.4 is 5.32 Å². The van der Waals surface area contributed by atoms with E-state index < -0.39 is 0 Å². The van der Waals surface area contributed by atoms with E-state index in [1.54, 1.807) is 0 Å². The molecule has 130 valence electrons. The van der Waals surface area contributed by atoms with Crippen LogP contribution in [0.1, 0.15) is 11.6 Å². The van der Waals surface area contributed by atoms with Crippen molar-refractivity contribution in [1.29, 1.82) is 0 Å². The van der Waals surface area contributed by atoms with Gasteiger partial charge in [-0.2, -0.15) is 0 Å². The Bertz CT molecular complexity index is 834. The van der Waals surface area contributed by atoms with Crippen molar-refractivity contribution < 1.29 is 4.79 Å². The molecule has 3 aromatic rings. The fraction of sp³-hybridized carbons (Fsp3) is 0.278. The maximum absolute atomic E-state index is 12.2. The summed E-state index contributed by atoms with van der Waals surface area (Å²) >= 11 is 1.38. The average molecular weight is 355 g/mol. The molecular formula is C18H21N5OS. The second-order valence-electron chi connectivity index (χ2n) is 5.89. The molecule has 2 heterocycles. The summed E-state index contributed by atoms with van der Waals surface area (Å²) in [4.78, 5) is 14.3.